The molecule has 0 saturated carbocycles. The summed E-state index contributed by atoms with van der Waals surface area (Å²) in [5.41, 5.74) is 1.16. The fraction of sp³-hybridized carbons (Fsp3) is 0.625. The van der Waals surface area contributed by atoms with Crippen LogP contribution in [0.3, 0.4) is 0 Å². The molecule has 2 N–H and O–H groups in total. The topological polar surface area (TPSA) is 44.7 Å². The first-order chi connectivity index (χ1) is 9.72. The maximum atomic E-state index is 9.82. The molecule has 2 unspecified atom stereocenters. The monoisotopic (exact) mass is 276 g/mol. The second kappa shape index (κ2) is 5.72. The van der Waals surface area contributed by atoms with Gasteiger partial charge in [0.05, 0.1) is 18.8 Å². The summed E-state index contributed by atoms with van der Waals surface area (Å²) < 4.78 is 5.47. The van der Waals surface area contributed by atoms with Gasteiger partial charge in [-0.15, -0.1) is 0 Å². The van der Waals surface area contributed by atoms with E-state index in [-0.39, 0.29) is 5.54 Å². The minimum Gasteiger partial charge on any atom is -0.508 e. The molecule has 110 valence electrons. The van der Waals surface area contributed by atoms with Crippen molar-refractivity contribution in [2.75, 3.05) is 32.8 Å². The van der Waals surface area contributed by atoms with Crippen LogP contribution < -0.4 is 5.32 Å². The third-order valence-corrected chi connectivity index (χ3v) is 4.86. The molecular weight excluding hydrogens is 252 g/mol. The third-order valence-electron chi connectivity index (χ3n) is 4.86. The molecule has 4 nitrogen and oxygen atoms in total. The van der Waals surface area contributed by atoms with Crippen LogP contribution in [0.25, 0.3) is 0 Å². The highest BCUT2D eigenvalue weighted by molar-refractivity contribution is 5.34. The molecule has 0 spiro atoms. The highest BCUT2D eigenvalue weighted by Crippen LogP contribution is 2.37. The first kappa shape index (κ1) is 13.9. The predicted octanol–water partition coefficient (Wildman–Crippen LogP) is 1.69. The quantitative estimate of drug-likeness (QED) is 0.882. The Kier molecular flexibility index (Phi) is 3.96. The van der Waals surface area contributed by atoms with Gasteiger partial charge in [-0.1, -0.05) is 12.1 Å². The van der Waals surface area contributed by atoms with Gasteiger partial charge in [0.2, 0.25) is 0 Å². The van der Waals surface area contributed by atoms with E-state index in [1.807, 2.05) is 12.1 Å². The minimum atomic E-state index is -0.0456. The van der Waals surface area contributed by atoms with Gasteiger partial charge in [-0.25, -0.2) is 0 Å². The van der Waals surface area contributed by atoms with E-state index in [9.17, 15) is 5.11 Å². The van der Waals surface area contributed by atoms with Gasteiger partial charge in [-0.2, -0.15) is 0 Å². The van der Waals surface area contributed by atoms with Crippen LogP contribution in [0.15, 0.2) is 24.3 Å². The largest absolute Gasteiger partial charge is 0.508 e. The Morgan fingerprint density at radius 1 is 1.35 bits per heavy atom. The summed E-state index contributed by atoms with van der Waals surface area (Å²) in [6, 6.07) is 8.13. The maximum absolute atomic E-state index is 9.82. The smallest absolute Gasteiger partial charge is 0.115 e. The number of hydrogen-bond acceptors (Lipinski definition) is 4. The molecule has 2 aliphatic rings. The molecule has 0 aliphatic carbocycles. The Morgan fingerprint density at radius 2 is 2.15 bits per heavy atom. The van der Waals surface area contributed by atoms with Crippen LogP contribution in [0.5, 0.6) is 5.75 Å². The van der Waals surface area contributed by atoms with E-state index in [1.165, 1.54) is 12.0 Å². The van der Waals surface area contributed by atoms with Crippen molar-refractivity contribution in [3.63, 3.8) is 0 Å². The first-order valence-corrected chi connectivity index (χ1v) is 7.59. The predicted molar refractivity (Wildman–Crippen MR) is 78.9 cm³/mol. The van der Waals surface area contributed by atoms with Crippen molar-refractivity contribution in [3.05, 3.63) is 29.8 Å². The number of phenolic OH excluding ortho intramolecular Hbond substituents is 1. The van der Waals surface area contributed by atoms with Crippen molar-refractivity contribution in [2.24, 2.45) is 0 Å². The van der Waals surface area contributed by atoms with Gasteiger partial charge in [0.25, 0.3) is 0 Å². The zero-order chi connectivity index (χ0) is 14.0. The minimum absolute atomic E-state index is 0.0456. The molecule has 1 aromatic carbocycles. The zero-order valence-electron chi connectivity index (χ0n) is 12.1. The van der Waals surface area contributed by atoms with Crippen molar-refractivity contribution >= 4 is 0 Å². The second-order valence-corrected chi connectivity index (χ2v) is 5.88. The number of ether oxygens (including phenoxy) is 1. The fourth-order valence-corrected chi connectivity index (χ4v) is 3.67. The summed E-state index contributed by atoms with van der Waals surface area (Å²) in [7, 11) is 0. The molecule has 2 heterocycles. The third kappa shape index (κ3) is 2.43. The van der Waals surface area contributed by atoms with Crippen LogP contribution in [0.4, 0.5) is 0 Å². The van der Waals surface area contributed by atoms with Gasteiger partial charge in [0.15, 0.2) is 0 Å². The number of nitrogens with one attached hydrogen (secondary N) is 1. The number of aromatic hydroxyl groups is 1. The Hall–Kier alpha value is -1.10. The molecule has 20 heavy (non-hydrogen) atoms. The van der Waals surface area contributed by atoms with Gasteiger partial charge in [0, 0.05) is 19.1 Å². The van der Waals surface area contributed by atoms with Crippen LogP contribution in [-0.4, -0.2) is 48.9 Å². The summed E-state index contributed by atoms with van der Waals surface area (Å²) in [4.78, 5) is 2.51. The summed E-state index contributed by atoms with van der Waals surface area (Å²) in [6.07, 6.45) is 2.30. The molecule has 1 aromatic rings. The van der Waals surface area contributed by atoms with Crippen molar-refractivity contribution in [1.29, 1.82) is 0 Å². The van der Waals surface area contributed by atoms with E-state index in [0.717, 1.165) is 39.3 Å². The fourth-order valence-electron chi connectivity index (χ4n) is 3.67. The van der Waals surface area contributed by atoms with Crippen LogP contribution in [0.2, 0.25) is 0 Å². The summed E-state index contributed by atoms with van der Waals surface area (Å²) in [6.45, 7) is 6.96. The number of phenols is 1. The molecule has 2 aliphatic heterocycles. The Labute approximate surface area is 120 Å². The SMILES string of the molecule is CC(N1CCOCC1)C1(c2cccc(O)c2)CCCN1. The van der Waals surface area contributed by atoms with E-state index in [0.29, 0.717) is 11.8 Å². The van der Waals surface area contributed by atoms with Gasteiger partial charge in [-0.05, 0) is 44.0 Å². The number of hydrogen-bond donors (Lipinski definition) is 2. The highest BCUT2D eigenvalue weighted by atomic mass is 16.5. The average Bonchev–Trinajstić information content (AvgIpc) is 2.98. The molecule has 2 saturated heterocycles. The molecule has 0 bridgehead atoms. The lowest BCUT2D eigenvalue weighted by molar-refractivity contribution is -0.00227. The standard InChI is InChI=1S/C16H24N2O2/c1-13(18-8-10-20-11-9-18)16(6-3-7-17-16)14-4-2-5-15(19)12-14/h2,4-5,12-13,17,19H,3,6-11H2,1H3. The van der Waals surface area contributed by atoms with Gasteiger partial charge in [-0.3, -0.25) is 4.90 Å². The molecule has 0 aromatic heterocycles. The number of nitrogens with zero attached hydrogens (tertiary/aromatic N) is 1. The van der Waals surface area contributed by atoms with Crippen LogP contribution >= 0.6 is 0 Å². The van der Waals surface area contributed by atoms with Gasteiger partial charge < -0.3 is 15.2 Å². The average molecular weight is 276 g/mol. The molecule has 0 amide bonds. The van der Waals surface area contributed by atoms with Crippen LogP contribution in [0, 0.1) is 0 Å². The van der Waals surface area contributed by atoms with E-state index < -0.39 is 0 Å². The number of rotatable bonds is 3. The maximum Gasteiger partial charge on any atom is 0.115 e. The Bertz CT molecular complexity index is 452. The van der Waals surface area contributed by atoms with Crippen molar-refractivity contribution in [3.8, 4) is 5.75 Å². The summed E-state index contributed by atoms with van der Waals surface area (Å²) >= 11 is 0. The molecule has 2 atom stereocenters. The van der Waals surface area contributed by atoms with Crippen LogP contribution in [0.1, 0.15) is 25.3 Å². The van der Waals surface area contributed by atoms with Crippen LogP contribution in [-0.2, 0) is 10.3 Å². The van der Waals surface area contributed by atoms with Gasteiger partial charge in [0.1, 0.15) is 5.75 Å². The molecular formula is C16H24N2O2. The number of benzene rings is 1. The molecule has 4 heteroatoms. The summed E-state index contributed by atoms with van der Waals surface area (Å²) in [5.74, 6) is 0.352. The summed E-state index contributed by atoms with van der Waals surface area (Å²) in [5, 5.41) is 13.5. The normalized spacial score (nSPS) is 29.4. The van der Waals surface area contributed by atoms with E-state index in [4.69, 9.17) is 4.74 Å². The molecule has 0 radical (unpaired) electrons. The zero-order valence-corrected chi connectivity index (χ0v) is 12.1. The Balaban J connectivity index is 1.90. The number of morpholine rings is 1. The van der Waals surface area contributed by atoms with Crippen molar-refractivity contribution in [2.45, 2.75) is 31.3 Å². The second-order valence-electron chi connectivity index (χ2n) is 5.88. The van der Waals surface area contributed by atoms with E-state index in [2.05, 4.69) is 23.2 Å². The molecule has 2 fully saturated rings. The van der Waals surface area contributed by atoms with Crippen molar-refractivity contribution in [1.82, 2.24) is 10.2 Å². The molecule has 3 rings (SSSR count). The lowest BCUT2D eigenvalue weighted by Gasteiger charge is -2.44. The van der Waals surface area contributed by atoms with E-state index >= 15 is 0 Å². The lowest BCUT2D eigenvalue weighted by Crippen LogP contribution is -2.56. The Morgan fingerprint density at radius 3 is 2.80 bits per heavy atom. The first-order valence-electron chi connectivity index (χ1n) is 7.59. The van der Waals surface area contributed by atoms with E-state index in [1.54, 1.807) is 6.07 Å². The van der Waals surface area contributed by atoms with Crippen molar-refractivity contribution < 1.29 is 9.84 Å². The van der Waals surface area contributed by atoms with Gasteiger partial charge >= 0.3 is 0 Å². The highest BCUT2D eigenvalue weighted by Gasteiger charge is 2.43. The lowest BCUT2D eigenvalue weighted by atomic mass is 9.81.